The molecule has 0 atom stereocenters. The molecule has 0 saturated carbocycles. The van der Waals surface area contributed by atoms with Crippen molar-refractivity contribution >= 4 is 0 Å². The Morgan fingerprint density at radius 1 is 1.40 bits per heavy atom. The minimum atomic E-state index is 0.449. The first-order chi connectivity index (χ1) is 4.61. The van der Waals surface area contributed by atoms with E-state index in [-0.39, 0.29) is 0 Å². The normalized spacial score (nSPS) is 10.9. The van der Waals surface area contributed by atoms with E-state index in [0.717, 1.165) is 11.4 Å². The van der Waals surface area contributed by atoms with Gasteiger partial charge in [0.15, 0.2) is 0 Å². The van der Waals surface area contributed by atoms with E-state index >= 15 is 0 Å². The van der Waals surface area contributed by atoms with Gasteiger partial charge in [0.05, 0.1) is 5.69 Å². The predicted molar refractivity (Wildman–Crippen MR) is 40.9 cm³/mol. The summed E-state index contributed by atoms with van der Waals surface area (Å²) in [7, 11) is 0. The molecule has 0 saturated heterocycles. The summed E-state index contributed by atoms with van der Waals surface area (Å²) < 4.78 is 1.98. The fourth-order valence-corrected chi connectivity index (χ4v) is 1.08. The summed E-state index contributed by atoms with van der Waals surface area (Å²) in [6, 6.07) is 3.59. The lowest BCUT2D eigenvalue weighted by molar-refractivity contribution is 0.516. The molecule has 0 aliphatic carbocycles. The molecule has 2 heteroatoms. The van der Waals surface area contributed by atoms with Crippen molar-refractivity contribution < 1.29 is 0 Å². The molecule has 0 spiro atoms. The lowest BCUT2D eigenvalue weighted by atomic mass is 10.3. The third-order valence-corrected chi connectivity index (χ3v) is 1.45. The maximum Gasteiger partial charge on any atom is 0.0676 e. The van der Waals surface area contributed by atoms with Crippen LogP contribution in [0.25, 0.3) is 0 Å². The van der Waals surface area contributed by atoms with Gasteiger partial charge in [-0.3, -0.25) is 4.68 Å². The quantitative estimate of drug-likeness (QED) is 0.578. The highest BCUT2D eigenvalue weighted by molar-refractivity contribution is 5.04. The van der Waals surface area contributed by atoms with Crippen LogP contribution in [-0.2, 0) is 0 Å². The molecule has 2 nitrogen and oxygen atoms in total. The second-order valence-electron chi connectivity index (χ2n) is 2.83. The van der Waals surface area contributed by atoms with Gasteiger partial charge in [0.25, 0.3) is 0 Å². The summed E-state index contributed by atoms with van der Waals surface area (Å²) in [5.41, 5.74) is 2.10. The molecule has 55 valence electrons. The van der Waals surface area contributed by atoms with Gasteiger partial charge in [-0.05, 0) is 27.7 Å². The SMILES string of the molecule is Cc1[c]c(C)n(C(C)C)n1. The predicted octanol–water partition coefficient (Wildman–Crippen LogP) is 1.88. The van der Waals surface area contributed by atoms with Gasteiger partial charge in [-0.25, -0.2) is 0 Å². The van der Waals surface area contributed by atoms with E-state index in [2.05, 4.69) is 25.0 Å². The molecule has 0 aromatic carbocycles. The van der Waals surface area contributed by atoms with Gasteiger partial charge in [0, 0.05) is 17.8 Å². The second kappa shape index (κ2) is 2.45. The van der Waals surface area contributed by atoms with Gasteiger partial charge in [-0.1, -0.05) is 0 Å². The summed E-state index contributed by atoms with van der Waals surface area (Å²) in [5.74, 6) is 0. The molecular weight excluding hydrogens is 124 g/mol. The third-order valence-electron chi connectivity index (χ3n) is 1.45. The summed E-state index contributed by atoms with van der Waals surface area (Å²) >= 11 is 0. The fraction of sp³-hybridized carbons (Fsp3) is 0.625. The lowest BCUT2D eigenvalue weighted by Crippen LogP contribution is -2.04. The average Bonchev–Trinajstić information content (AvgIpc) is 2.10. The minimum Gasteiger partial charge on any atom is -0.266 e. The Kier molecular flexibility index (Phi) is 1.79. The number of hydrogen-bond donors (Lipinski definition) is 0. The van der Waals surface area contributed by atoms with Crippen molar-refractivity contribution in [2.24, 2.45) is 0 Å². The number of nitrogens with zero attached hydrogens (tertiary/aromatic N) is 2. The van der Waals surface area contributed by atoms with Crippen molar-refractivity contribution in [1.82, 2.24) is 9.78 Å². The van der Waals surface area contributed by atoms with E-state index in [1.807, 2.05) is 18.5 Å². The maximum absolute atomic E-state index is 4.27. The fourth-order valence-electron chi connectivity index (χ4n) is 1.08. The lowest BCUT2D eigenvalue weighted by Gasteiger charge is -2.06. The highest BCUT2D eigenvalue weighted by atomic mass is 15.3. The van der Waals surface area contributed by atoms with Gasteiger partial charge in [0.2, 0.25) is 0 Å². The van der Waals surface area contributed by atoms with Gasteiger partial charge in [0.1, 0.15) is 0 Å². The van der Waals surface area contributed by atoms with Crippen LogP contribution in [-0.4, -0.2) is 9.78 Å². The molecule has 10 heavy (non-hydrogen) atoms. The molecule has 0 aliphatic rings. The zero-order chi connectivity index (χ0) is 7.72. The zero-order valence-corrected chi connectivity index (χ0v) is 6.97. The maximum atomic E-state index is 4.27. The summed E-state index contributed by atoms with van der Waals surface area (Å²) in [4.78, 5) is 0. The van der Waals surface area contributed by atoms with Crippen molar-refractivity contribution in [1.29, 1.82) is 0 Å². The average molecular weight is 137 g/mol. The molecule has 1 rings (SSSR count). The van der Waals surface area contributed by atoms with Crippen molar-refractivity contribution in [2.75, 3.05) is 0 Å². The summed E-state index contributed by atoms with van der Waals surface area (Å²) in [5, 5.41) is 4.27. The Morgan fingerprint density at radius 2 is 2.00 bits per heavy atom. The number of aryl methyl sites for hydroxylation is 2. The van der Waals surface area contributed by atoms with Crippen molar-refractivity contribution in [3.63, 3.8) is 0 Å². The van der Waals surface area contributed by atoms with E-state index < -0.39 is 0 Å². The smallest absolute Gasteiger partial charge is 0.0676 e. The Hall–Kier alpha value is -0.790. The Balaban J connectivity index is 3.03. The van der Waals surface area contributed by atoms with E-state index in [9.17, 15) is 0 Å². The van der Waals surface area contributed by atoms with Crippen molar-refractivity contribution in [2.45, 2.75) is 33.7 Å². The van der Waals surface area contributed by atoms with Crippen LogP contribution in [0.2, 0.25) is 0 Å². The Morgan fingerprint density at radius 3 is 2.20 bits per heavy atom. The van der Waals surface area contributed by atoms with Crippen LogP contribution >= 0.6 is 0 Å². The molecule has 0 aliphatic heterocycles. The van der Waals surface area contributed by atoms with E-state index in [4.69, 9.17) is 0 Å². The molecule has 0 fully saturated rings. The van der Waals surface area contributed by atoms with E-state index in [0.29, 0.717) is 6.04 Å². The molecule has 1 aromatic rings. The third kappa shape index (κ3) is 1.20. The van der Waals surface area contributed by atoms with Crippen molar-refractivity contribution in [3.8, 4) is 0 Å². The topological polar surface area (TPSA) is 17.8 Å². The van der Waals surface area contributed by atoms with Crippen molar-refractivity contribution in [3.05, 3.63) is 17.5 Å². The van der Waals surface area contributed by atoms with Gasteiger partial charge >= 0.3 is 0 Å². The van der Waals surface area contributed by atoms with Crippen LogP contribution in [0, 0.1) is 19.9 Å². The second-order valence-corrected chi connectivity index (χ2v) is 2.83. The molecule has 0 amide bonds. The number of rotatable bonds is 1. The number of aromatic nitrogens is 2. The van der Waals surface area contributed by atoms with E-state index in [1.54, 1.807) is 0 Å². The first-order valence-electron chi connectivity index (χ1n) is 3.56. The van der Waals surface area contributed by atoms with Crippen LogP contribution in [0.3, 0.4) is 0 Å². The first kappa shape index (κ1) is 7.32. The van der Waals surface area contributed by atoms with Gasteiger partial charge in [-0.15, -0.1) is 0 Å². The van der Waals surface area contributed by atoms with Gasteiger partial charge in [-0.2, -0.15) is 5.10 Å². The molecule has 0 N–H and O–H groups in total. The first-order valence-corrected chi connectivity index (χ1v) is 3.56. The highest BCUT2D eigenvalue weighted by Crippen LogP contribution is 2.07. The van der Waals surface area contributed by atoms with Crippen LogP contribution in [0.1, 0.15) is 31.3 Å². The minimum absolute atomic E-state index is 0.449. The zero-order valence-electron chi connectivity index (χ0n) is 6.97. The largest absolute Gasteiger partial charge is 0.266 e. The Bertz CT molecular complexity index is 223. The van der Waals surface area contributed by atoms with Crippen LogP contribution in [0.5, 0.6) is 0 Å². The van der Waals surface area contributed by atoms with Gasteiger partial charge < -0.3 is 0 Å². The monoisotopic (exact) mass is 137 g/mol. The molecule has 1 aromatic heterocycles. The standard InChI is InChI=1S/C8H13N2/c1-6(2)10-8(4)5-7(3)9-10/h6H,1-4H3. The van der Waals surface area contributed by atoms with Crippen LogP contribution < -0.4 is 0 Å². The van der Waals surface area contributed by atoms with Crippen LogP contribution in [0.4, 0.5) is 0 Å². The summed E-state index contributed by atoms with van der Waals surface area (Å²) in [6.07, 6.45) is 0. The van der Waals surface area contributed by atoms with Crippen LogP contribution in [0.15, 0.2) is 0 Å². The molecule has 1 radical (unpaired) electrons. The Labute approximate surface area is 61.9 Å². The molecular formula is C8H13N2. The molecule has 0 unspecified atom stereocenters. The number of hydrogen-bond acceptors (Lipinski definition) is 1. The highest BCUT2D eigenvalue weighted by Gasteiger charge is 2.02. The molecule has 0 bridgehead atoms. The molecule has 1 heterocycles. The summed E-state index contributed by atoms with van der Waals surface area (Å²) in [6.45, 7) is 8.23. The van der Waals surface area contributed by atoms with E-state index in [1.165, 1.54) is 0 Å².